The summed E-state index contributed by atoms with van der Waals surface area (Å²) >= 11 is 0. The van der Waals surface area contributed by atoms with E-state index in [0.717, 1.165) is 70.6 Å². The number of ether oxygens (including phenoxy) is 3. The fourth-order valence-electron chi connectivity index (χ4n) is 10.3. The van der Waals surface area contributed by atoms with Gasteiger partial charge in [-0.1, -0.05) is 333 Å². The highest BCUT2D eigenvalue weighted by molar-refractivity contribution is 5.71. The second-order valence-corrected chi connectivity index (χ2v) is 23.1. The van der Waals surface area contributed by atoms with Gasteiger partial charge in [0, 0.05) is 19.3 Å². The van der Waals surface area contributed by atoms with E-state index in [-0.39, 0.29) is 31.1 Å². The molecule has 76 heavy (non-hydrogen) atoms. The quantitative estimate of drug-likeness (QED) is 0.0261. The van der Waals surface area contributed by atoms with Crippen molar-refractivity contribution in [1.82, 2.24) is 0 Å². The van der Waals surface area contributed by atoms with Gasteiger partial charge in [0.25, 0.3) is 0 Å². The molecular formula is C70H130O6. The zero-order valence-electron chi connectivity index (χ0n) is 51.3. The van der Waals surface area contributed by atoms with Crippen molar-refractivity contribution in [3.8, 4) is 0 Å². The summed E-state index contributed by atoms with van der Waals surface area (Å²) in [5, 5.41) is 0. The molecule has 0 radical (unpaired) electrons. The lowest BCUT2D eigenvalue weighted by Crippen LogP contribution is -2.30. The number of allylic oxidation sites excluding steroid dienone is 6. The van der Waals surface area contributed by atoms with Crippen molar-refractivity contribution in [2.24, 2.45) is 0 Å². The van der Waals surface area contributed by atoms with Gasteiger partial charge in [-0.05, 0) is 57.8 Å². The molecule has 6 heteroatoms. The minimum Gasteiger partial charge on any atom is -0.462 e. The lowest BCUT2D eigenvalue weighted by Gasteiger charge is -2.18. The molecule has 0 heterocycles. The van der Waals surface area contributed by atoms with Crippen molar-refractivity contribution < 1.29 is 28.6 Å². The number of unbranched alkanes of at least 4 members (excludes halogenated alkanes) is 46. The molecule has 0 aliphatic carbocycles. The molecule has 0 saturated carbocycles. The maximum Gasteiger partial charge on any atom is 0.306 e. The van der Waals surface area contributed by atoms with Crippen molar-refractivity contribution in [2.75, 3.05) is 13.2 Å². The molecule has 0 N–H and O–H groups in total. The van der Waals surface area contributed by atoms with Crippen LogP contribution in [0.25, 0.3) is 0 Å². The van der Waals surface area contributed by atoms with Crippen LogP contribution in [0.4, 0.5) is 0 Å². The molecule has 6 nitrogen and oxygen atoms in total. The van der Waals surface area contributed by atoms with Crippen LogP contribution >= 0.6 is 0 Å². The third kappa shape index (κ3) is 62.5. The topological polar surface area (TPSA) is 78.9 Å². The highest BCUT2D eigenvalue weighted by Crippen LogP contribution is 2.18. The number of carbonyl (C=O) groups excluding carboxylic acids is 3. The van der Waals surface area contributed by atoms with E-state index in [1.54, 1.807) is 0 Å². The van der Waals surface area contributed by atoms with Crippen molar-refractivity contribution >= 4 is 17.9 Å². The van der Waals surface area contributed by atoms with Gasteiger partial charge in [0.1, 0.15) is 13.2 Å². The second-order valence-electron chi connectivity index (χ2n) is 23.1. The van der Waals surface area contributed by atoms with Gasteiger partial charge in [0.15, 0.2) is 6.10 Å². The zero-order valence-corrected chi connectivity index (χ0v) is 51.3. The first-order chi connectivity index (χ1) is 37.5. The van der Waals surface area contributed by atoms with E-state index >= 15 is 0 Å². The van der Waals surface area contributed by atoms with Gasteiger partial charge in [0.05, 0.1) is 0 Å². The van der Waals surface area contributed by atoms with Crippen LogP contribution in [0.15, 0.2) is 36.5 Å². The molecule has 0 aliphatic heterocycles. The Hall–Kier alpha value is -2.37. The monoisotopic (exact) mass is 1070 g/mol. The highest BCUT2D eigenvalue weighted by atomic mass is 16.6. The lowest BCUT2D eigenvalue weighted by atomic mass is 10.0. The molecule has 1 unspecified atom stereocenters. The summed E-state index contributed by atoms with van der Waals surface area (Å²) in [4.78, 5) is 38.2. The molecule has 0 aromatic rings. The number of hydrogen-bond acceptors (Lipinski definition) is 6. The maximum atomic E-state index is 12.9. The van der Waals surface area contributed by atoms with Crippen LogP contribution in [0.1, 0.15) is 374 Å². The number of hydrogen-bond donors (Lipinski definition) is 0. The molecule has 0 amide bonds. The Morgan fingerprint density at radius 1 is 0.263 bits per heavy atom. The molecule has 0 rings (SSSR count). The highest BCUT2D eigenvalue weighted by Gasteiger charge is 2.19. The summed E-state index contributed by atoms with van der Waals surface area (Å²) in [7, 11) is 0. The van der Waals surface area contributed by atoms with Crippen molar-refractivity contribution in [1.29, 1.82) is 0 Å². The third-order valence-electron chi connectivity index (χ3n) is 15.4. The number of carbonyl (C=O) groups is 3. The molecule has 0 aliphatic rings. The third-order valence-corrected chi connectivity index (χ3v) is 15.4. The SMILES string of the molecule is CCCCCCC/C=C\C/C=C\C/C=C\CCCCCCCCCCCCCCCCC(=O)OCC(COC(=O)CCCCCCCCCC)OC(=O)CCCCCCCCCCCCCCCCCCCCCCC. The summed E-state index contributed by atoms with van der Waals surface area (Å²) in [6.45, 7) is 6.66. The largest absolute Gasteiger partial charge is 0.462 e. The van der Waals surface area contributed by atoms with E-state index in [9.17, 15) is 14.4 Å². The predicted octanol–water partition coefficient (Wildman–Crippen LogP) is 23.2. The minimum absolute atomic E-state index is 0.0665. The average molecular weight is 1070 g/mol. The van der Waals surface area contributed by atoms with Gasteiger partial charge >= 0.3 is 17.9 Å². The van der Waals surface area contributed by atoms with Gasteiger partial charge in [-0.2, -0.15) is 0 Å². The van der Waals surface area contributed by atoms with Gasteiger partial charge in [-0.25, -0.2) is 0 Å². The molecule has 0 fully saturated rings. The smallest absolute Gasteiger partial charge is 0.306 e. The first-order valence-corrected chi connectivity index (χ1v) is 34.0. The van der Waals surface area contributed by atoms with E-state index in [0.29, 0.717) is 19.3 Å². The minimum atomic E-state index is -0.767. The predicted molar refractivity (Wildman–Crippen MR) is 330 cm³/mol. The molecule has 1 atom stereocenters. The molecule has 0 aromatic heterocycles. The first kappa shape index (κ1) is 73.6. The molecule has 0 aromatic carbocycles. The normalized spacial score (nSPS) is 12.2. The standard InChI is InChI=1S/C70H130O6/c1-4-7-10-13-16-19-21-23-25-27-29-31-32-33-34-35-36-37-38-40-41-43-45-47-49-51-54-57-60-63-69(72)75-66-67(65-74-68(71)62-59-56-53-18-15-12-9-6-3)76-70(73)64-61-58-55-52-50-48-46-44-42-39-30-28-26-24-22-20-17-14-11-8-5-2/h21,23,27,29,32-33,67H,4-20,22,24-26,28,30-31,34-66H2,1-3H3/b23-21-,29-27-,33-32-. The fraction of sp³-hybridized carbons (Fsp3) is 0.871. The van der Waals surface area contributed by atoms with Crippen molar-refractivity contribution in [2.45, 2.75) is 380 Å². The molecular weight excluding hydrogens is 937 g/mol. The lowest BCUT2D eigenvalue weighted by molar-refractivity contribution is -0.167. The second kappa shape index (κ2) is 65.2. The average Bonchev–Trinajstić information content (AvgIpc) is 3.42. The number of esters is 3. The maximum absolute atomic E-state index is 12.9. The Labute approximate surface area is 474 Å². The Bertz CT molecular complexity index is 1270. The van der Waals surface area contributed by atoms with Crippen LogP contribution in [-0.2, 0) is 28.6 Å². The van der Waals surface area contributed by atoms with Crippen LogP contribution in [0.3, 0.4) is 0 Å². The Balaban J connectivity index is 4.08. The van der Waals surface area contributed by atoms with E-state index in [2.05, 4.69) is 57.2 Å². The van der Waals surface area contributed by atoms with E-state index < -0.39 is 6.10 Å². The summed E-state index contributed by atoms with van der Waals surface area (Å²) in [5.41, 5.74) is 0. The van der Waals surface area contributed by atoms with Crippen LogP contribution in [0.2, 0.25) is 0 Å². The Morgan fingerprint density at radius 2 is 0.474 bits per heavy atom. The van der Waals surface area contributed by atoms with Crippen LogP contribution in [-0.4, -0.2) is 37.2 Å². The van der Waals surface area contributed by atoms with Crippen LogP contribution in [0, 0.1) is 0 Å². The van der Waals surface area contributed by atoms with E-state index in [1.807, 2.05) is 0 Å². The summed E-state index contributed by atoms with van der Waals surface area (Å²) < 4.78 is 16.9. The summed E-state index contributed by atoms with van der Waals surface area (Å²) in [6.07, 6.45) is 80.4. The van der Waals surface area contributed by atoms with Crippen molar-refractivity contribution in [3.05, 3.63) is 36.5 Å². The van der Waals surface area contributed by atoms with Crippen LogP contribution < -0.4 is 0 Å². The summed E-state index contributed by atoms with van der Waals surface area (Å²) in [5.74, 6) is -0.846. The van der Waals surface area contributed by atoms with Gasteiger partial charge in [-0.15, -0.1) is 0 Å². The van der Waals surface area contributed by atoms with Crippen molar-refractivity contribution in [3.63, 3.8) is 0 Å². The Morgan fingerprint density at radius 3 is 0.737 bits per heavy atom. The van der Waals surface area contributed by atoms with E-state index in [1.165, 1.54) is 263 Å². The first-order valence-electron chi connectivity index (χ1n) is 34.0. The fourth-order valence-corrected chi connectivity index (χ4v) is 10.3. The van der Waals surface area contributed by atoms with Gasteiger partial charge in [-0.3, -0.25) is 14.4 Å². The van der Waals surface area contributed by atoms with Crippen LogP contribution in [0.5, 0.6) is 0 Å². The molecule has 0 bridgehead atoms. The molecule has 446 valence electrons. The van der Waals surface area contributed by atoms with E-state index in [4.69, 9.17) is 14.2 Å². The van der Waals surface area contributed by atoms with Gasteiger partial charge in [0.2, 0.25) is 0 Å². The Kier molecular flexibility index (Phi) is 63.1. The number of rotatable bonds is 63. The molecule has 0 saturated heterocycles. The summed E-state index contributed by atoms with van der Waals surface area (Å²) in [6, 6.07) is 0. The zero-order chi connectivity index (χ0) is 55.0. The molecule has 0 spiro atoms. The van der Waals surface area contributed by atoms with Gasteiger partial charge < -0.3 is 14.2 Å².